The van der Waals surface area contributed by atoms with Gasteiger partial charge in [0.15, 0.2) is 0 Å². The van der Waals surface area contributed by atoms with Gasteiger partial charge in [-0.3, -0.25) is 4.79 Å². The third-order valence-electron chi connectivity index (χ3n) is 3.64. The number of carbonyl (C=O) groups is 1. The number of likely N-dealkylation sites (tertiary alicyclic amines) is 1. The molecular weight excluding hydrogens is 259 g/mol. The molecule has 0 aliphatic carbocycles. The summed E-state index contributed by atoms with van der Waals surface area (Å²) in [5.41, 5.74) is 6.58. The number of nitrogens with two attached hydrogens (primary N) is 1. The Balaban J connectivity index is 2.09. The summed E-state index contributed by atoms with van der Waals surface area (Å²) in [7, 11) is 0. The van der Waals surface area contributed by atoms with E-state index in [1.54, 1.807) is 11.8 Å². The van der Waals surface area contributed by atoms with Crippen LogP contribution in [0.1, 0.15) is 35.7 Å². The van der Waals surface area contributed by atoms with E-state index in [9.17, 15) is 9.18 Å². The summed E-state index contributed by atoms with van der Waals surface area (Å²) < 4.78 is 19.6. The number of benzene rings is 1. The van der Waals surface area contributed by atoms with Crippen LogP contribution in [0.25, 0.3) is 0 Å². The van der Waals surface area contributed by atoms with Crippen molar-refractivity contribution in [2.45, 2.75) is 32.8 Å². The fourth-order valence-electron chi connectivity index (χ4n) is 2.58. The summed E-state index contributed by atoms with van der Waals surface area (Å²) in [5.74, 6) is -0.760. The fourth-order valence-corrected chi connectivity index (χ4v) is 2.58. The highest BCUT2D eigenvalue weighted by Gasteiger charge is 2.26. The number of nitrogens with zero attached hydrogens (tertiary/aromatic N) is 1. The fraction of sp³-hybridized carbons (Fsp3) is 0.533. The highest BCUT2D eigenvalue weighted by atomic mass is 19.1. The van der Waals surface area contributed by atoms with Crippen LogP contribution in [0.5, 0.6) is 0 Å². The van der Waals surface area contributed by atoms with Crippen molar-refractivity contribution in [3.63, 3.8) is 0 Å². The van der Waals surface area contributed by atoms with Crippen LogP contribution in [0.2, 0.25) is 0 Å². The van der Waals surface area contributed by atoms with E-state index in [0.29, 0.717) is 30.9 Å². The molecule has 1 heterocycles. The van der Waals surface area contributed by atoms with Gasteiger partial charge in [0.2, 0.25) is 0 Å². The summed E-state index contributed by atoms with van der Waals surface area (Å²) in [6, 6.07) is 2.95. The maximum absolute atomic E-state index is 14.1. The van der Waals surface area contributed by atoms with Crippen LogP contribution in [0.15, 0.2) is 12.1 Å². The molecule has 1 aliphatic heterocycles. The Kier molecular flexibility index (Phi) is 4.60. The van der Waals surface area contributed by atoms with Gasteiger partial charge < -0.3 is 15.4 Å². The molecule has 1 aromatic carbocycles. The standard InChI is InChI=1S/C15H21FN2O2/c1-3-20-12-4-6-18(7-5-12)15(19)13-9-11(17)8-10(2)14(13)16/h8-9,12H,3-7,17H2,1-2H3. The van der Waals surface area contributed by atoms with Gasteiger partial charge >= 0.3 is 0 Å². The van der Waals surface area contributed by atoms with Crippen LogP contribution in [0.4, 0.5) is 10.1 Å². The van der Waals surface area contributed by atoms with Crippen molar-refractivity contribution in [2.24, 2.45) is 0 Å². The number of carbonyl (C=O) groups excluding carboxylic acids is 1. The third-order valence-corrected chi connectivity index (χ3v) is 3.64. The lowest BCUT2D eigenvalue weighted by molar-refractivity contribution is 0.0144. The smallest absolute Gasteiger partial charge is 0.256 e. The topological polar surface area (TPSA) is 55.6 Å². The van der Waals surface area contributed by atoms with Crippen molar-refractivity contribution in [1.29, 1.82) is 0 Å². The van der Waals surface area contributed by atoms with E-state index in [0.717, 1.165) is 12.8 Å². The van der Waals surface area contributed by atoms with Crippen LogP contribution in [0, 0.1) is 12.7 Å². The molecule has 1 aromatic rings. The van der Waals surface area contributed by atoms with Crippen molar-refractivity contribution in [2.75, 3.05) is 25.4 Å². The van der Waals surface area contributed by atoms with E-state index in [1.165, 1.54) is 12.1 Å². The number of ether oxygens (including phenoxy) is 1. The van der Waals surface area contributed by atoms with E-state index >= 15 is 0 Å². The summed E-state index contributed by atoms with van der Waals surface area (Å²) in [6.45, 7) is 5.45. The van der Waals surface area contributed by atoms with E-state index in [-0.39, 0.29) is 17.6 Å². The van der Waals surface area contributed by atoms with Crippen molar-refractivity contribution in [3.05, 3.63) is 29.1 Å². The number of piperidine rings is 1. The number of amides is 1. The third kappa shape index (κ3) is 3.10. The van der Waals surface area contributed by atoms with E-state index in [1.807, 2.05) is 6.92 Å². The van der Waals surface area contributed by atoms with Crippen molar-refractivity contribution < 1.29 is 13.9 Å². The average Bonchev–Trinajstić information content (AvgIpc) is 2.43. The molecule has 0 atom stereocenters. The number of hydrogen-bond acceptors (Lipinski definition) is 3. The zero-order valence-electron chi connectivity index (χ0n) is 12.0. The first-order valence-corrected chi connectivity index (χ1v) is 6.99. The molecule has 0 radical (unpaired) electrons. The first kappa shape index (κ1) is 14.8. The van der Waals surface area contributed by atoms with E-state index in [2.05, 4.69) is 0 Å². The molecule has 110 valence electrons. The molecular formula is C15H21FN2O2. The lowest BCUT2D eigenvalue weighted by Crippen LogP contribution is -2.41. The first-order valence-electron chi connectivity index (χ1n) is 6.99. The normalized spacial score (nSPS) is 16.4. The van der Waals surface area contributed by atoms with Gasteiger partial charge in [0, 0.05) is 25.4 Å². The molecule has 1 amide bonds. The maximum Gasteiger partial charge on any atom is 0.256 e. The van der Waals surface area contributed by atoms with Crippen LogP contribution < -0.4 is 5.73 Å². The van der Waals surface area contributed by atoms with Gasteiger partial charge in [-0.15, -0.1) is 0 Å². The zero-order valence-corrected chi connectivity index (χ0v) is 12.0. The van der Waals surface area contributed by atoms with Crippen LogP contribution in [-0.4, -0.2) is 36.6 Å². The maximum atomic E-state index is 14.1. The Morgan fingerprint density at radius 2 is 2.10 bits per heavy atom. The predicted octanol–water partition coefficient (Wildman–Crippen LogP) is 2.36. The average molecular weight is 280 g/mol. The zero-order chi connectivity index (χ0) is 14.7. The molecule has 0 unspecified atom stereocenters. The van der Waals surface area contributed by atoms with Gasteiger partial charge in [0.25, 0.3) is 5.91 Å². The Bertz CT molecular complexity index is 497. The second-order valence-electron chi connectivity index (χ2n) is 5.15. The monoisotopic (exact) mass is 280 g/mol. The van der Waals surface area contributed by atoms with Crippen molar-refractivity contribution in [3.8, 4) is 0 Å². The molecule has 5 heteroatoms. The summed E-state index contributed by atoms with van der Waals surface area (Å²) in [6.07, 6.45) is 1.79. The molecule has 2 N–H and O–H groups in total. The highest BCUT2D eigenvalue weighted by Crippen LogP contribution is 2.21. The second-order valence-corrected chi connectivity index (χ2v) is 5.15. The molecule has 0 spiro atoms. The second kappa shape index (κ2) is 6.22. The minimum atomic E-state index is -0.476. The molecule has 1 fully saturated rings. The van der Waals surface area contributed by atoms with Crippen LogP contribution >= 0.6 is 0 Å². The molecule has 0 saturated carbocycles. The SMILES string of the molecule is CCOC1CCN(C(=O)c2cc(N)cc(C)c2F)CC1. The van der Waals surface area contributed by atoms with E-state index in [4.69, 9.17) is 10.5 Å². The van der Waals surface area contributed by atoms with E-state index < -0.39 is 5.82 Å². The quantitative estimate of drug-likeness (QED) is 0.865. The lowest BCUT2D eigenvalue weighted by atomic mass is 10.0. The van der Waals surface area contributed by atoms with Gasteiger partial charge in [-0.1, -0.05) is 0 Å². The van der Waals surface area contributed by atoms with Gasteiger partial charge in [-0.25, -0.2) is 4.39 Å². The van der Waals surface area contributed by atoms with Gasteiger partial charge in [0.1, 0.15) is 5.82 Å². The van der Waals surface area contributed by atoms with Gasteiger partial charge in [-0.2, -0.15) is 0 Å². The summed E-state index contributed by atoms with van der Waals surface area (Å²) in [5, 5.41) is 0. The highest BCUT2D eigenvalue weighted by molar-refractivity contribution is 5.95. The molecule has 1 aliphatic rings. The van der Waals surface area contributed by atoms with Gasteiger partial charge in [0.05, 0.1) is 11.7 Å². The predicted molar refractivity (Wildman–Crippen MR) is 76.1 cm³/mol. The first-order chi connectivity index (χ1) is 9.52. The number of hydrogen-bond donors (Lipinski definition) is 1. The van der Waals surface area contributed by atoms with Crippen molar-refractivity contribution in [1.82, 2.24) is 4.90 Å². The molecule has 4 nitrogen and oxygen atoms in total. The Hall–Kier alpha value is -1.62. The summed E-state index contributed by atoms with van der Waals surface area (Å²) >= 11 is 0. The largest absolute Gasteiger partial charge is 0.399 e. The molecule has 1 saturated heterocycles. The molecule has 0 bridgehead atoms. The molecule has 0 aromatic heterocycles. The minimum Gasteiger partial charge on any atom is -0.399 e. The van der Waals surface area contributed by atoms with Crippen LogP contribution in [0.3, 0.4) is 0 Å². The Labute approximate surface area is 118 Å². The van der Waals surface area contributed by atoms with Crippen LogP contribution in [-0.2, 0) is 4.74 Å². The number of anilines is 1. The molecule has 2 rings (SSSR count). The van der Waals surface area contributed by atoms with Gasteiger partial charge in [-0.05, 0) is 44.4 Å². The number of nitrogen functional groups attached to an aromatic ring is 1. The van der Waals surface area contributed by atoms with Crippen molar-refractivity contribution >= 4 is 11.6 Å². The summed E-state index contributed by atoms with van der Waals surface area (Å²) in [4.78, 5) is 14.1. The number of aryl methyl sites for hydroxylation is 1. The number of halogens is 1. The minimum absolute atomic E-state index is 0.0670. The number of rotatable bonds is 3. The Morgan fingerprint density at radius 3 is 2.70 bits per heavy atom. The molecule has 20 heavy (non-hydrogen) atoms. The Morgan fingerprint density at radius 1 is 1.45 bits per heavy atom. The lowest BCUT2D eigenvalue weighted by Gasteiger charge is -2.32.